The van der Waals surface area contributed by atoms with Crippen LogP contribution in [0.15, 0.2) is 36.7 Å². The minimum Gasteiger partial charge on any atom is -0.358 e. The van der Waals surface area contributed by atoms with Crippen LogP contribution in [-0.4, -0.2) is 18.1 Å². The lowest BCUT2D eigenvalue weighted by molar-refractivity contribution is 0.171. The molecule has 3 rings (SSSR count). The smallest absolute Gasteiger partial charge is 0.114 e. The van der Waals surface area contributed by atoms with Crippen LogP contribution in [0.3, 0.4) is 0 Å². The van der Waals surface area contributed by atoms with Crippen LogP contribution in [-0.2, 0) is 6.42 Å². The Hall–Kier alpha value is -1.70. The first-order chi connectivity index (χ1) is 11.1. The monoisotopic (exact) mass is 310 g/mol. The van der Waals surface area contributed by atoms with Crippen LogP contribution in [0.4, 0.5) is 5.69 Å². The first-order valence-corrected chi connectivity index (χ1v) is 9.16. The van der Waals surface area contributed by atoms with Gasteiger partial charge in [-0.3, -0.25) is 0 Å². The van der Waals surface area contributed by atoms with Crippen molar-refractivity contribution in [1.29, 1.82) is 0 Å². The van der Waals surface area contributed by atoms with E-state index in [0.29, 0.717) is 6.17 Å². The number of unbranched alkanes of at least 4 members (excludes halogenated alkanes) is 1. The summed E-state index contributed by atoms with van der Waals surface area (Å²) in [5, 5.41) is 0. The van der Waals surface area contributed by atoms with E-state index in [0.717, 1.165) is 12.8 Å². The molecule has 2 aliphatic rings. The summed E-state index contributed by atoms with van der Waals surface area (Å²) >= 11 is 0. The molecule has 1 unspecified atom stereocenters. The first kappa shape index (κ1) is 16.2. The van der Waals surface area contributed by atoms with Crippen molar-refractivity contribution in [2.45, 2.75) is 59.0 Å². The Bertz CT molecular complexity index is 610. The van der Waals surface area contributed by atoms with Crippen molar-refractivity contribution < 1.29 is 0 Å². The third-order valence-electron chi connectivity index (χ3n) is 5.73. The molecule has 0 fully saturated rings. The van der Waals surface area contributed by atoms with Crippen molar-refractivity contribution in [3.63, 3.8) is 0 Å². The summed E-state index contributed by atoms with van der Waals surface area (Å²) in [6, 6.07) is 7.02. The maximum Gasteiger partial charge on any atom is 0.114 e. The van der Waals surface area contributed by atoms with Crippen LogP contribution in [0, 0.1) is 5.41 Å². The molecule has 1 aromatic rings. The Balaban J connectivity index is 2.05. The summed E-state index contributed by atoms with van der Waals surface area (Å²) in [6.45, 7) is 6.90. The van der Waals surface area contributed by atoms with Gasteiger partial charge in [-0.1, -0.05) is 51.5 Å². The second kappa shape index (κ2) is 6.43. The lowest BCUT2D eigenvalue weighted by Gasteiger charge is -2.43. The Morgan fingerprint density at radius 1 is 1.09 bits per heavy atom. The van der Waals surface area contributed by atoms with E-state index >= 15 is 0 Å². The Labute approximate surface area is 141 Å². The predicted octanol–water partition coefficient (Wildman–Crippen LogP) is 5.41. The van der Waals surface area contributed by atoms with Gasteiger partial charge in [0.2, 0.25) is 0 Å². The number of nitrogens with zero attached hydrogens (tertiary/aromatic N) is 2. The molecule has 0 N–H and O–H groups in total. The van der Waals surface area contributed by atoms with E-state index in [1.807, 2.05) is 0 Å². The molecule has 0 spiro atoms. The highest BCUT2D eigenvalue weighted by Gasteiger charge is 2.43. The third-order valence-corrected chi connectivity index (χ3v) is 5.73. The molecule has 2 aliphatic heterocycles. The average molecular weight is 310 g/mol. The van der Waals surface area contributed by atoms with E-state index in [-0.39, 0.29) is 5.41 Å². The van der Waals surface area contributed by atoms with Gasteiger partial charge >= 0.3 is 0 Å². The fourth-order valence-corrected chi connectivity index (χ4v) is 4.11. The fourth-order valence-electron chi connectivity index (χ4n) is 4.11. The lowest BCUT2D eigenvalue weighted by atomic mass is 9.78. The number of hydrogen-bond donors (Lipinski definition) is 0. The molecule has 0 saturated heterocycles. The summed E-state index contributed by atoms with van der Waals surface area (Å²) in [7, 11) is 2.21. The van der Waals surface area contributed by atoms with Gasteiger partial charge in [0.1, 0.15) is 6.17 Å². The molecular formula is C21H30N2. The molecule has 23 heavy (non-hydrogen) atoms. The maximum absolute atomic E-state index is 2.50. The topological polar surface area (TPSA) is 6.48 Å². The number of rotatable bonds is 5. The third kappa shape index (κ3) is 2.69. The number of fused-ring (bicyclic) bond motifs is 3. The minimum atomic E-state index is 0.195. The van der Waals surface area contributed by atoms with Crippen LogP contribution >= 0.6 is 0 Å². The predicted molar refractivity (Wildman–Crippen MR) is 100 cm³/mol. The molecule has 124 valence electrons. The molecule has 2 heterocycles. The van der Waals surface area contributed by atoms with Gasteiger partial charge < -0.3 is 9.80 Å². The molecule has 0 radical (unpaired) electrons. The van der Waals surface area contributed by atoms with E-state index in [1.54, 1.807) is 0 Å². The molecule has 1 atom stereocenters. The number of benzene rings is 1. The van der Waals surface area contributed by atoms with Gasteiger partial charge in [-0.2, -0.15) is 0 Å². The van der Waals surface area contributed by atoms with Crippen LogP contribution in [0.5, 0.6) is 0 Å². The van der Waals surface area contributed by atoms with E-state index in [4.69, 9.17) is 0 Å². The zero-order chi connectivity index (χ0) is 16.4. The average Bonchev–Trinajstić information content (AvgIpc) is 2.90. The highest BCUT2D eigenvalue weighted by Crippen LogP contribution is 2.45. The molecular weight excluding hydrogens is 280 g/mol. The van der Waals surface area contributed by atoms with Crippen molar-refractivity contribution >= 4 is 11.8 Å². The molecule has 0 aromatic heterocycles. The quantitative estimate of drug-likeness (QED) is 0.717. The molecule has 1 aromatic carbocycles. The Morgan fingerprint density at radius 3 is 2.57 bits per heavy atom. The van der Waals surface area contributed by atoms with Crippen LogP contribution in [0.25, 0.3) is 6.08 Å². The van der Waals surface area contributed by atoms with Crippen LogP contribution in [0.2, 0.25) is 0 Å². The van der Waals surface area contributed by atoms with Crippen molar-refractivity contribution in [1.82, 2.24) is 4.90 Å². The van der Waals surface area contributed by atoms with Gasteiger partial charge in [0.25, 0.3) is 0 Å². The molecule has 2 nitrogen and oxygen atoms in total. The molecule has 0 bridgehead atoms. The summed E-state index contributed by atoms with van der Waals surface area (Å²) in [5.74, 6) is 0. The highest BCUT2D eigenvalue weighted by molar-refractivity contribution is 5.73. The maximum atomic E-state index is 2.50. The zero-order valence-electron chi connectivity index (χ0n) is 15.0. The van der Waals surface area contributed by atoms with Gasteiger partial charge in [-0.15, -0.1) is 0 Å². The SMILES string of the molecule is CCCCc1ccc2c(c1)N1C=CN(C)C1C(CC)(CC)C=C2. The summed E-state index contributed by atoms with van der Waals surface area (Å²) in [4.78, 5) is 4.88. The van der Waals surface area contributed by atoms with Crippen molar-refractivity contribution in [3.05, 3.63) is 47.8 Å². The van der Waals surface area contributed by atoms with Gasteiger partial charge in [0.15, 0.2) is 0 Å². The molecule has 0 amide bonds. The molecule has 0 saturated carbocycles. The van der Waals surface area contributed by atoms with E-state index in [2.05, 4.69) is 80.4 Å². The lowest BCUT2D eigenvalue weighted by Crippen LogP contribution is -2.49. The summed E-state index contributed by atoms with van der Waals surface area (Å²) in [6.07, 6.45) is 15.7. The van der Waals surface area contributed by atoms with Gasteiger partial charge in [-0.25, -0.2) is 0 Å². The van der Waals surface area contributed by atoms with E-state index in [1.165, 1.54) is 36.1 Å². The Morgan fingerprint density at radius 2 is 1.87 bits per heavy atom. The largest absolute Gasteiger partial charge is 0.358 e. The summed E-state index contributed by atoms with van der Waals surface area (Å²) in [5.41, 5.74) is 4.37. The van der Waals surface area contributed by atoms with E-state index in [9.17, 15) is 0 Å². The second-order valence-electron chi connectivity index (χ2n) is 7.01. The molecule has 2 heteroatoms. The minimum absolute atomic E-state index is 0.195. The first-order valence-electron chi connectivity index (χ1n) is 9.16. The van der Waals surface area contributed by atoms with Crippen LogP contribution in [0.1, 0.15) is 57.6 Å². The van der Waals surface area contributed by atoms with Gasteiger partial charge in [-0.05, 0) is 42.9 Å². The second-order valence-corrected chi connectivity index (χ2v) is 7.01. The fraction of sp³-hybridized carbons (Fsp3) is 0.524. The van der Waals surface area contributed by atoms with Gasteiger partial charge in [0, 0.05) is 24.9 Å². The van der Waals surface area contributed by atoms with Crippen molar-refractivity contribution in [3.8, 4) is 0 Å². The number of aryl methyl sites for hydroxylation is 1. The normalized spacial score (nSPS) is 21.3. The number of anilines is 1. The Kier molecular flexibility index (Phi) is 4.52. The van der Waals surface area contributed by atoms with Crippen LogP contribution < -0.4 is 4.90 Å². The van der Waals surface area contributed by atoms with Gasteiger partial charge in [0.05, 0.1) is 5.69 Å². The van der Waals surface area contributed by atoms with Crippen molar-refractivity contribution in [2.75, 3.05) is 11.9 Å². The summed E-state index contributed by atoms with van der Waals surface area (Å²) < 4.78 is 0. The van der Waals surface area contributed by atoms with Crippen molar-refractivity contribution in [2.24, 2.45) is 5.41 Å². The van der Waals surface area contributed by atoms with E-state index < -0.39 is 0 Å². The molecule has 0 aliphatic carbocycles. The standard InChI is InChI=1S/C21H30N2/c1-5-8-9-17-10-11-18-12-13-21(6-2,7-3)20-22(4)14-15-23(20)19(18)16-17/h10-16,20H,5-9H2,1-4H3. The zero-order valence-corrected chi connectivity index (χ0v) is 15.0. The highest BCUT2D eigenvalue weighted by atomic mass is 15.4. The number of hydrogen-bond acceptors (Lipinski definition) is 2.